The molecular weight excluding hydrogens is 943 g/mol. The van der Waals surface area contributed by atoms with Crippen LogP contribution in [0.1, 0.15) is 132 Å². The number of carbonyl (C=O) groups excluding carboxylic acids is 6. The fraction of sp³-hybridized carbons (Fsp3) is 0.750. The molecule has 0 radical (unpaired) electrons. The minimum atomic E-state index is -2.90. The number of hydrogen-bond acceptors (Lipinski definition) is 16. The number of nitrogens with zero attached hydrogens (tertiary/aromatic N) is 1. The summed E-state index contributed by atoms with van der Waals surface area (Å²) in [4.78, 5) is 85.7. The summed E-state index contributed by atoms with van der Waals surface area (Å²) in [5, 5.41) is 43.3. The van der Waals surface area contributed by atoms with Crippen molar-refractivity contribution in [3.05, 3.63) is 47.6 Å². The zero-order valence-corrected chi connectivity index (χ0v) is 45.3. The number of rotatable bonds is 10. The number of ketones is 3. The molecule has 3 heterocycles. The van der Waals surface area contributed by atoms with Gasteiger partial charge in [0.1, 0.15) is 41.7 Å². The Morgan fingerprint density at radius 3 is 2.19 bits per heavy atom. The van der Waals surface area contributed by atoms with Crippen molar-refractivity contribution in [2.75, 3.05) is 41.1 Å². The summed E-state index contributed by atoms with van der Waals surface area (Å²) in [6, 6.07) is -1.22. The predicted molar refractivity (Wildman–Crippen MR) is 271 cm³/mol. The number of hydrogen-bond donors (Lipinski definition) is 4. The molecule has 4 aliphatic rings. The van der Waals surface area contributed by atoms with Gasteiger partial charge < -0.3 is 53.7 Å². The highest BCUT2D eigenvalue weighted by molar-refractivity contribution is 6.09. The zero-order chi connectivity index (χ0) is 54.4. The van der Waals surface area contributed by atoms with Crippen LogP contribution in [-0.2, 0) is 57.2 Å². The van der Waals surface area contributed by atoms with E-state index >= 15 is 0 Å². The van der Waals surface area contributed by atoms with Crippen molar-refractivity contribution in [1.29, 1.82) is 0 Å². The van der Waals surface area contributed by atoms with Crippen LogP contribution in [0.25, 0.3) is 0 Å². The number of methoxy groups -OCH3 is 3. The molecular formula is C56H87NO16. The van der Waals surface area contributed by atoms with Crippen LogP contribution >= 0.6 is 0 Å². The Bertz CT molecular complexity index is 2010. The molecule has 0 spiro atoms. The van der Waals surface area contributed by atoms with Crippen molar-refractivity contribution in [1.82, 2.24) is 4.90 Å². The lowest BCUT2D eigenvalue weighted by atomic mass is 9.78. The number of piperidine rings is 1. The van der Waals surface area contributed by atoms with E-state index in [9.17, 15) is 49.2 Å². The molecule has 1 amide bonds. The lowest BCUT2D eigenvalue weighted by Gasteiger charge is -2.40. The van der Waals surface area contributed by atoms with Crippen LogP contribution in [0.3, 0.4) is 0 Å². The van der Waals surface area contributed by atoms with Gasteiger partial charge in [0.05, 0.1) is 31.5 Å². The first-order chi connectivity index (χ1) is 34.5. The molecule has 0 aromatic rings. The number of allylic oxidation sites excluding steroid dienone is 6. The van der Waals surface area contributed by atoms with Gasteiger partial charge >= 0.3 is 17.7 Å². The van der Waals surface area contributed by atoms with E-state index < -0.39 is 120 Å². The monoisotopic (exact) mass is 1030 g/mol. The number of carbonyl (C=O) groups is 6. The molecule has 4 rings (SSSR count). The van der Waals surface area contributed by atoms with Crippen molar-refractivity contribution >= 4 is 35.2 Å². The number of esters is 2. The first kappa shape index (κ1) is 61.6. The number of fused-ring (bicyclic) bond motifs is 3. The van der Waals surface area contributed by atoms with Crippen LogP contribution in [0.5, 0.6) is 0 Å². The third kappa shape index (κ3) is 16.0. The number of Topliss-reactive ketones (excluding diaryl/α,β-unsaturated/α-hetero) is 3. The minimum absolute atomic E-state index is 0.0116. The maximum absolute atomic E-state index is 14.8. The zero-order valence-electron chi connectivity index (χ0n) is 45.3. The predicted octanol–water partition coefficient (Wildman–Crippen LogP) is 5.72. The number of aliphatic hydroxyl groups excluding tert-OH is 3. The summed E-state index contributed by atoms with van der Waals surface area (Å²) in [5.41, 5.74) is -0.310. The molecule has 412 valence electrons. The van der Waals surface area contributed by atoms with Crippen molar-refractivity contribution in [2.45, 2.75) is 187 Å². The summed E-state index contributed by atoms with van der Waals surface area (Å²) in [6.45, 7) is 12.7. The molecule has 0 aromatic carbocycles. The fourth-order valence-corrected chi connectivity index (χ4v) is 10.7. The fourth-order valence-electron chi connectivity index (χ4n) is 10.7. The van der Waals surface area contributed by atoms with Gasteiger partial charge in [-0.05, 0) is 114 Å². The lowest BCUT2D eigenvalue weighted by molar-refractivity contribution is -0.231. The van der Waals surface area contributed by atoms with Crippen molar-refractivity contribution in [3.63, 3.8) is 0 Å². The van der Waals surface area contributed by atoms with Crippen molar-refractivity contribution in [3.8, 4) is 0 Å². The van der Waals surface area contributed by atoms with E-state index in [1.165, 1.54) is 26.0 Å². The second kappa shape index (κ2) is 28.3. The van der Waals surface area contributed by atoms with E-state index in [0.717, 1.165) is 5.57 Å². The number of cyclic esters (lactones) is 1. The molecule has 1 saturated carbocycles. The van der Waals surface area contributed by atoms with Crippen molar-refractivity contribution < 1.29 is 77.6 Å². The number of ether oxygens (including phenoxy) is 6. The quantitative estimate of drug-likeness (QED) is 0.116. The second-order valence-corrected chi connectivity index (χ2v) is 21.8. The highest BCUT2D eigenvalue weighted by Gasteiger charge is 2.55. The van der Waals surface area contributed by atoms with Gasteiger partial charge in [0.2, 0.25) is 5.78 Å². The highest BCUT2D eigenvalue weighted by Crippen LogP contribution is 2.37. The summed E-state index contributed by atoms with van der Waals surface area (Å²) in [7, 11) is 4.42. The Balaban J connectivity index is 1.73. The third-order valence-corrected chi connectivity index (χ3v) is 15.8. The minimum Gasteiger partial charge on any atom is -0.460 e. The Hall–Kier alpha value is -3.94. The normalized spacial score (nSPS) is 37.4. The maximum Gasteiger partial charge on any atom is 0.329 e. The molecule has 15 atom stereocenters. The third-order valence-electron chi connectivity index (χ3n) is 15.8. The molecule has 0 aromatic heterocycles. The van der Waals surface area contributed by atoms with Gasteiger partial charge in [0, 0.05) is 58.5 Å². The number of amides is 1. The van der Waals surface area contributed by atoms with Crippen LogP contribution in [0.4, 0.5) is 0 Å². The summed E-state index contributed by atoms with van der Waals surface area (Å²) in [5.74, 6) is -9.42. The second-order valence-electron chi connectivity index (χ2n) is 21.8. The topological polar surface area (TPSA) is 242 Å². The summed E-state index contributed by atoms with van der Waals surface area (Å²) in [6.07, 6.45) is 9.22. The molecule has 3 aliphatic heterocycles. The van der Waals surface area contributed by atoms with Gasteiger partial charge in [0.25, 0.3) is 5.91 Å². The standard InChI is InChI=1S/C56H87NO16/c1-33-17-13-12-14-18-34(2)45(68-9)29-41-22-20-35(3)51(63)56(67,73-41)53(65)57-24-16-15-19-42(57)52(64)71-46(30-43(60)36(4)26-39(7)49(62)50(70-11)48(61)38(6)25-33)37(5)27-40-21-23-44(47(28-40)69-10)72-54(66)55(8,31-58)32-59/h12-14,17-18,26,33,35-38,40-42,44-47,49-50,58-59,62,67H,15-16,19-25,27-32H2,1-11H3/b14-12-,17-13-,34-18-,39-26-/t33-,35-,36-,37-,38-,40+,41+,42+,44-,45+,46+,47-,49-,50+,56?/m1/s1. The van der Waals surface area contributed by atoms with Gasteiger partial charge in [-0.1, -0.05) is 71.1 Å². The molecule has 2 saturated heterocycles. The molecule has 2 bridgehead atoms. The average molecular weight is 1030 g/mol. The Morgan fingerprint density at radius 1 is 0.849 bits per heavy atom. The van der Waals surface area contributed by atoms with Crippen LogP contribution in [0.2, 0.25) is 0 Å². The molecule has 17 heteroatoms. The van der Waals surface area contributed by atoms with E-state index in [-0.39, 0.29) is 49.2 Å². The van der Waals surface area contributed by atoms with Gasteiger partial charge in [-0.3, -0.25) is 24.0 Å². The first-order valence-electron chi connectivity index (χ1n) is 26.4. The first-order valence-corrected chi connectivity index (χ1v) is 26.4. The van der Waals surface area contributed by atoms with Gasteiger partial charge in [0.15, 0.2) is 5.78 Å². The van der Waals surface area contributed by atoms with E-state index in [4.69, 9.17) is 28.4 Å². The van der Waals surface area contributed by atoms with Crippen LogP contribution in [0.15, 0.2) is 47.6 Å². The van der Waals surface area contributed by atoms with Crippen molar-refractivity contribution in [2.24, 2.45) is 40.9 Å². The SMILES string of the molecule is CO[C@H]1C[C@@H]2CC[C@@H](C)C(=O)C(O)(O2)C(=O)N2CCCC[C@H]2C(=O)O[C@H]([C@H](C)C[C@@H]2CC[C@@H](OC(=O)C(C)(CO)CO)[C@H](OC)C2)CC(=O)[C@H](C)/C=C(/C)[C@@H](O)[C@@H](OC)C(=O)[C@H](C)C[C@H](C)\C=C/C=C\C=C/1C. The summed E-state index contributed by atoms with van der Waals surface area (Å²) < 4.78 is 35.6. The Kier molecular flexibility index (Phi) is 23.9. The number of aliphatic hydroxyl groups is 4. The van der Waals surface area contributed by atoms with Gasteiger partial charge in [-0.2, -0.15) is 0 Å². The maximum atomic E-state index is 14.8. The molecule has 73 heavy (non-hydrogen) atoms. The lowest BCUT2D eigenvalue weighted by Crippen LogP contribution is -2.62. The average Bonchev–Trinajstić information content (AvgIpc) is 3.48. The van der Waals surface area contributed by atoms with E-state index in [1.807, 2.05) is 51.2 Å². The van der Waals surface area contributed by atoms with Gasteiger partial charge in [-0.15, -0.1) is 0 Å². The van der Waals surface area contributed by atoms with E-state index in [0.29, 0.717) is 63.4 Å². The molecule has 17 nitrogen and oxygen atoms in total. The van der Waals surface area contributed by atoms with Crippen LogP contribution in [-0.4, -0.2) is 156 Å². The summed E-state index contributed by atoms with van der Waals surface area (Å²) >= 11 is 0. The van der Waals surface area contributed by atoms with E-state index in [2.05, 4.69) is 0 Å². The van der Waals surface area contributed by atoms with Crippen LogP contribution in [0, 0.1) is 40.9 Å². The molecule has 4 N–H and O–H groups in total. The Labute approximate surface area is 433 Å². The molecule has 3 fully saturated rings. The van der Waals surface area contributed by atoms with E-state index in [1.54, 1.807) is 40.9 Å². The van der Waals surface area contributed by atoms with Crippen LogP contribution < -0.4 is 0 Å². The smallest absolute Gasteiger partial charge is 0.329 e. The molecule has 1 unspecified atom stereocenters. The molecule has 1 aliphatic carbocycles. The highest BCUT2D eigenvalue weighted by atomic mass is 16.6. The van der Waals surface area contributed by atoms with Gasteiger partial charge in [-0.25, -0.2) is 4.79 Å². The Morgan fingerprint density at radius 2 is 1.55 bits per heavy atom. The largest absolute Gasteiger partial charge is 0.460 e.